The van der Waals surface area contributed by atoms with Crippen molar-refractivity contribution >= 4 is 22.4 Å². The van der Waals surface area contributed by atoms with E-state index in [1.165, 1.54) is 18.2 Å². The quantitative estimate of drug-likeness (QED) is 0.190. The number of nitrogens with two attached hydrogens (primary N) is 2. The standard InChI is InChI=1S/C13H9F2N3O.C13H8F2N2O/c14-7-3-8(15)5-10(4-7)19-9-1-2-12-11(6-9)13(16)18-17-12;14-9-4-10(15)6-12(5-9)18-11-1-2-13(17)8(3-11)7-16/h1-6H,(H3,16,17,18);1-6H,17H2. The first-order valence-corrected chi connectivity index (χ1v) is 10.5. The highest BCUT2D eigenvalue weighted by Gasteiger charge is 2.07. The van der Waals surface area contributed by atoms with Crippen LogP contribution in [0.4, 0.5) is 29.1 Å². The average molecular weight is 507 g/mol. The minimum absolute atomic E-state index is 0.0150. The number of hydrogen-bond donors (Lipinski definition) is 3. The van der Waals surface area contributed by atoms with Gasteiger partial charge in [-0.1, -0.05) is 0 Å². The fourth-order valence-corrected chi connectivity index (χ4v) is 3.22. The fourth-order valence-electron chi connectivity index (χ4n) is 3.22. The molecule has 0 spiro atoms. The maximum absolute atomic E-state index is 13.0. The molecule has 7 nitrogen and oxygen atoms in total. The predicted molar refractivity (Wildman–Crippen MR) is 129 cm³/mol. The van der Waals surface area contributed by atoms with E-state index >= 15 is 0 Å². The molecule has 0 bridgehead atoms. The van der Waals surface area contributed by atoms with Gasteiger partial charge in [0.25, 0.3) is 0 Å². The van der Waals surface area contributed by atoms with E-state index in [9.17, 15) is 17.6 Å². The molecule has 5 aromatic rings. The van der Waals surface area contributed by atoms with Crippen LogP contribution in [0.25, 0.3) is 10.9 Å². The van der Waals surface area contributed by atoms with Crippen molar-refractivity contribution in [3.8, 4) is 29.1 Å². The number of hydrogen-bond acceptors (Lipinski definition) is 6. The molecule has 5 N–H and O–H groups in total. The van der Waals surface area contributed by atoms with Crippen molar-refractivity contribution in [3.63, 3.8) is 0 Å². The Labute approximate surface area is 207 Å². The third-order valence-electron chi connectivity index (χ3n) is 4.85. The fraction of sp³-hybridized carbons (Fsp3) is 0. The zero-order valence-corrected chi connectivity index (χ0v) is 18.8. The Hall–Kier alpha value is -5.24. The summed E-state index contributed by atoms with van der Waals surface area (Å²) in [5.41, 5.74) is 12.5. The minimum atomic E-state index is -0.735. The number of anilines is 2. The molecule has 0 saturated carbocycles. The average Bonchev–Trinajstić information content (AvgIpc) is 3.19. The molecule has 0 unspecified atom stereocenters. The van der Waals surface area contributed by atoms with Gasteiger partial charge in [0.05, 0.1) is 11.1 Å². The van der Waals surface area contributed by atoms with Crippen LogP contribution in [0, 0.1) is 34.6 Å². The number of nitrogens with one attached hydrogen (secondary N) is 1. The van der Waals surface area contributed by atoms with Crippen LogP contribution < -0.4 is 20.9 Å². The first-order chi connectivity index (χ1) is 17.7. The van der Waals surface area contributed by atoms with Gasteiger partial charge in [-0.15, -0.1) is 0 Å². The molecule has 0 amide bonds. The van der Waals surface area contributed by atoms with Crippen molar-refractivity contribution < 1.29 is 27.0 Å². The molecular weight excluding hydrogens is 490 g/mol. The second-order valence-corrected chi connectivity index (χ2v) is 7.59. The lowest BCUT2D eigenvalue weighted by Gasteiger charge is -2.07. The Morgan fingerprint density at radius 3 is 1.73 bits per heavy atom. The maximum Gasteiger partial charge on any atom is 0.153 e. The Kier molecular flexibility index (Phi) is 7.11. The normalized spacial score (nSPS) is 10.4. The van der Waals surface area contributed by atoms with Crippen molar-refractivity contribution in [3.05, 3.63) is 102 Å². The zero-order valence-electron chi connectivity index (χ0n) is 18.8. The van der Waals surface area contributed by atoms with Gasteiger partial charge < -0.3 is 20.9 Å². The largest absolute Gasteiger partial charge is 0.457 e. The van der Waals surface area contributed by atoms with Crippen LogP contribution in [0.1, 0.15) is 5.56 Å². The topological polar surface area (TPSA) is 123 Å². The van der Waals surface area contributed by atoms with Crippen LogP contribution in [-0.4, -0.2) is 10.2 Å². The van der Waals surface area contributed by atoms with Crippen LogP contribution in [0.2, 0.25) is 0 Å². The SMILES string of the molecule is N#Cc1cc(Oc2cc(F)cc(F)c2)ccc1N.Nc1n[nH]c2ccc(Oc3cc(F)cc(F)c3)cc12. The summed E-state index contributed by atoms with van der Waals surface area (Å²) in [5, 5.41) is 16.1. The van der Waals surface area contributed by atoms with Gasteiger partial charge in [0.2, 0.25) is 0 Å². The van der Waals surface area contributed by atoms with Crippen LogP contribution in [-0.2, 0) is 0 Å². The third kappa shape index (κ3) is 6.26. The molecule has 0 aliphatic carbocycles. The Morgan fingerprint density at radius 1 is 0.676 bits per heavy atom. The van der Waals surface area contributed by atoms with E-state index in [1.54, 1.807) is 18.2 Å². The molecule has 5 rings (SSSR count). The highest BCUT2D eigenvalue weighted by molar-refractivity contribution is 5.89. The summed E-state index contributed by atoms with van der Waals surface area (Å²) in [6.45, 7) is 0. The molecule has 1 heterocycles. The summed E-state index contributed by atoms with van der Waals surface area (Å²) in [6.07, 6.45) is 0. The summed E-state index contributed by atoms with van der Waals surface area (Å²) < 4.78 is 62.6. The monoisotopic (exact) mass is 507 g/mol. The first-order valence-electron chi connectivity index (χ1n) is 10.5. The summed E-state index contributed by atoms with van der Waals surface area (Å²) >= 11 is 0. The van der Waals surface area contributed by atoms with Gasteiger partial charge in [-0.3, -0.25) is 5.10 Å². The van der Waals surface area contributed by atoms with Crippen LogP contribution in [0.15, 0.2) is 72.8 Å². The number of halogens is 4. The lowest BCUT2D eigenvalue weighted by Crippen LogP contribution is -1.92. The van der Waals surface area contributed by atoms with Gasteiger partial charge in [0, 0.05) is 53.5 Å². The molecule has 0 aliphatic rings. The van der Waals surface area contributed by atoms with Crippen LogP contribution in [0.3, 0.4) is 0 Å². The molecular formula is C26H17F4N5O2. The molecule has 4 aromatic carbocycles. The number of fused-ring (bicyclic) bond motifs is 1. The highest BCUT2D eigenvalue weighted by Crippen LogP contribution is 2.28. The molecule has 1 aromatic heterocycles. The molecule has 0 atom stereocenters. The Bertz CT molecular complexity index is 1590. The lowest BCUT2D eigenvalue weighted by molar-refractivity contribution is 0.468. The third-order valence-corrected chi connectivity index (χ3v) is 4.85. The van der Waals surface area contributed by atoms with Crippen molar-refractivity contribution in [2.75, 3.05) is 11.5 Å². The van der Waals surface area contributed by atoms with Crippen molar-refractivity contribution in [1.82, 2.24) is 10.2 Å². The first kappa shape index (κ1) is 24.9. The van der Waals surface area contributed by atoms with E-state index in [2.05, 4.69) is 10.2 Å². The van der Waals surface area contributed by atoms with Gasteiger partial charge in [-0.2, -0.15) is 10.4 Å². The number of H-pyrrole nitrogens is 1. The van der Waals surface area contributed by atoms with E-state index in [4.69, 9.17) is 26.2 Å². The van der Waals surface area contributed by atoms with E-state index < -0.39 is 23.3 Å². The van der Waals surface area contributed by atoms with Gasteiger partial charge in [0.1, 0.15) is 52.3 Å². The molecule has 0 saturated heterocycles. The molecule has 0 aliphatic heterocycles. The number of rotatable bonds is 4. The maximum atomic E-state index is 13.0. The summed E-state index contributed by atoms with van der Waals surface area (Å²) in [6, 6.07) is 17.2. The Morgan fingerprint density at radius 2 is 1.19 bits per heavy atom. The number of ether oxygens (including phenoxy) is 2. The number of aromatic amines is 1. The molecule has 0 radical (unpaired) electrons. The van der Waals surface area contributed by atoms with E-state index in [-0.39, 0.29) is 22.8 Å². The smallest absolute Gasteiger partial charge is 0.153 e. The number of aromatic nitrogens is 2. The van der Waals surface area contributed by atoms with Crippen molar-refractivity contribution in [2.24, 2.45) is 0 Å². The van der Waals surface area contributed by atoms with E-state index in [0.29, 0.717) is 22.6 Å². The molecule has 0 fully saturated rings. The van der Waals surface area contributed by atoms with E-state index in [0.717, 1.165) is 41.9 Å². The van der Waals surface area contributed by atoms with Crippen LogP contribution in [0.5, 0.6) is 23.0 Å². The number of nitrogen functional groups attached to an aromatic ring is 2. The van der Waals surface area contributed by atoms with Gasteiger partial charge in [-0.05, 0) is 30.3 Å². The number of benzene rings is 4. The molecule has 186 valence electrons. The second-order valence-electron chi connectivity index (χ2n) is 7.59. The Balaban J connectivity index is 0.000000173. The minimum Gasteiger partial charge on any atom is -0.457 e. The molecule has 37 heavy (non-hydrogen) atoms. The summed E-state index contributed by atoms with van der Waals surface area (Å²) in [7, 11) is 0. The van der Waals surface area contributed by atoms with Crippen molar-refractivity contribution in [2.45, 2.75) is 0 Å². The number of nitrogens with zero attached hydrogens (tertiary/aromatic N) is 2. The van der Waals surface area contributed by atoms with Crippen molar-refractivity contribution in [1.29, 1.82) is 5.26 Å². The van der Waals surface area contributed by atoms with Gasteiger partial charge in [0.15, 0.2) is 5.82 Å². The predicted octanol–water partition coefficient (Wildman–Crippen LogP) is 6.43. The second kappa shape index (κ2) is 10.6. The lowest BCUT2D eigenvalue weighted by atomic mass is 10.2. The zero-order chi connectivity index (χ0) is 26.5. The van der Waals surface area contributed by atoms with Gasteiger partial charge in [-0.25, -0.2) is 17.6 Å². The summed E-state index contributed by atoms with van der Waals surface area (Å²) in [5.74, 6) is -1.72. The van der Waals surface area contributed by atoms with Gasteiger partial charge >= 0.3 is 0 Å². The van der Waals surface area contributed by atoms with E-state index in [1.807, 2.05) is 6.07 Å². The van der Waals surface area contributed by atoms with Crippen LogP contribution >= 0.6 is 0 Å². The number of nitriles is 1. The highest BCUT2D eigenvalue weighted by atomic mass is 19.1. The summed E-state index contributed by atoms with van der Waals surface area (Å²) in [4.78, 5) is 0. The molecule has 11 heteroatoms.